The lowest BCUT2D eigenvalue weighted by Gasteiger charge is -2.31. The maximum absolute atomic E-state index is 13.2. The molecule has 2 aliphatic heterocycles. The maximum Gasteiger partial charge on any atom is 0.123 e. The average Bonchev–Trinajstić information content (AvgIpc) is 2.80. The Kier molecular flexibility index (Phi) is 3.74. The summed E-state index contributed by atoms with van der Waals surface area (Å²) in [5.41, 5.74) is 1.02. The van der Waals surface area contributed by atoms with Gasteiger partial charge in [0.25, 0.3) is 0 Å². The summed E-state index contributed by atoms with van der Waals surface area (Å²) in [4.78, 5) is 0. The van der Waals surface area contributed by atoms with Crippen LogP contribution >= 0.6 is 0 Å². The molecule has 2 aliphatic rings. The number of halogens is 1. The molecule has 0 aliphatic carbocycles. The number of nitrogens with one attached hydrogen (secondary N) is 1. The van der Waals surface area contributed by atoms with Crippen molar-refractivity contribution in [1.29, 1.82) is 0 Å². The van der Waals surface area contributed by atoms with Gasteiger partial charge in [0, 0.05) is 18.0 Å². The molecular formula is C16H22FNO. The van der Waals surface area contributed by atoms with Crippen LogP contribution in [0.3, 0.4) is 0 Å². The maximum atomic E-state index is 13.2. The lowest BCUT2D eigenvalue weighted by Crippen LogP contribution is -2.40. The topological polar surface area (TPSA) is 21.3 Å². The lowest BCUT2D eigenvalue weighted by molar-refractivity contribution is 0.177. The minimum Gasteiger partial charge on any atom is -0.490 e. The highest BCUT2D eigenvalue weighted by Crippen LogP contribution is 2.32. The molecular weight excluding hydrogens is 241 g/mol. The predicted molar refractivity (Wildman–Crippen MR) is 73.9 cm³/mol. The Morgan fingerprint density at radius 3 is 3.16 bits per heavy atom. The van der Waals surface area contributed by atoms with Crippen molar-refractivity contribution in [1.82, 2.24) is 5.32 Å². The third-order valence-electron chi connectivity index (χ3n) is 4.49. The van der Waals surface area contributed by atoms with Crippen molar-refractivity contribution < 1.29 is 9.13 Å². The van der Waals surface area contributed by atoms with Gasteiger partial charge in [0.15, 0.2) is 0 Å². The predicted octanol–water partition coefficient (Wildman–Crippen LogP) is 3.30. The normalized spacial score (nSPS) is 29.9. The van der Waals surface area contributed by atoms with Gasteiger partial charge in [-0.3, -0.25) is 0 Å². The highest BCUT2D eigenvalue weighted by Gasteiger charge is 2.28. The number of benzene rings is 1. The smallest absolute Gasteiger partial charge is 0.123 e. The van der Waals surface area contributed by atoms with E-state index in [2.05, 4.69) is 12.2 Å². The Morgan fingerprint density at radius 1 is 1.42 bits per heavy atom. The fourth-order valence-electron chi connectivity index (χ4n) is 3.38. The van der Waals surface area contributed by atoms with Gasteiger partial charge in [0.2, 0.25) is 0 Å². The number of fused-ring (bicyclic) bond motifs is 1. The number of ether oxygens (including phenoxy) is 1. The Balaban J connectivity index is 1.58. The van der Waals surface area contributed by atoms with E-state index in [1.165, 1.54) is 25.3 Å². The second kappa shape index (κ2) is 5.49. The van der Waals surface area contributed by atoms with E-state index >= 15 is 0 Å². The van der Waals surface area contributed by atoms with Crippen LogP contribution < -0.4 is 10.1 Å². The molecule has 2 heterocycles. The fraction of sp³-hybridized carbons (Fsp3) is 0.625. The SMILES string of the molecule is CCC1CCNC(CC2Cc3cc(F)ccc3O2)C1. The van der Waals surface area contributed by atoms with E-state index in [0.717, 1.165) is 36.6 Å². The summed E-state index contributed by atoms with van der Waals surface area (Å²) in [5, 5.41) is 3.59. The third-order valence-corrected chi connectivity index (χ3v) is 4.49. The molecule has 1 saturated heterocycles. The fourth-order valence-corrected chi connectivity index (χ4v) is 3.38. The molecule has 0 saturated carbocycles. The highest BCUT2D eigenvalue weighted by atomic mass is 19.1. The summed E-state index contributed by atoms with van der Waals surface area (Å²) in [6.45, 7) is 3.40. The minimum absolute atomic E-state index is 0.162. The summed E-state index contributed by atoms with van der Waals surface area (Å²) in [6.07, 6.45) is 5.92. The zero-order chi connectivity index (χ0) is 13.2. The van der Waals surface area contributed by atoms with Crippen molar-refractivity contribution in [2.45, 2.75) is 51.2 Å². The molecule has 1 aromatic carbocycles. The molecule has 3 unspecified atom stereocenters. The van der Waals surface area contributed by atoms with E-state index in [0.29, 0.717) is 6.04 Å². The number of hydrogen-bond acceptors (Lipinski definition) is 2. The standard InChI is InChI=1S/C16H22FNO/c1-2-11-5-6-18-14(7-11)10-15-9-12-8-13(17)3-4-16(12)19-15/h3-4,8,11,14-15,18H,2,5-7,9-10H2,1H3. The van der Waals surface area contributed by atoms with Crippen molar-refractivity contribution in [2.75, 3.05) is 6.54 Å². The monoisotopic (exact) mass is 263 g/mol. The quantitative estimate of drug-likeness (QED) is 0.903. The van der Waals surface area contributed by atoms with Crippen molar-refractivity contribution >= 4 is 0 Å². The molecule has 1 aromatic rings. The molecule has 3 heteroatoms. The first-order chi connectivity index (χ1) is 9.24. The molecule has 3 atom stereocenters. The van der Waals surface area contributed by atoms with E-state index in [9.17, 15) is 4.39 Å². The Labute approximate surface area is 114 Å². The van der Waals surface area contributed by atoms with Crippen molar-refractivity contribution in [3.8, 4) is 5.75 Å². The van der Waals surface area contributed by atoms with Gasteiger partial charge in [-0.15, -0.1) is 0 Å². The van der Waals surface area contributed by atoms with E-state index in [1.807, 2.05) is 0 Å². The Hall–Kier alpha value is -1.09. The second-order valence-electron chi connectivity index (χ2n) is 5.88. The van der Waals surface area contributed by atoms with Crippen LogP contribution in [0.25, 0.3) is 0 Å². The van der Waals surface area contributed by atoms with Gasteiger partial charge in [-0.05, 0) is 49.9 Å². The van der Waals surface area contributed by atoms with Crippen molar-refractivity contribution in [3.05, 3.63) is 29.6 Å². The summed E-state index contributed by atoms with van der Waals surface area (Å²) < 4.78 is 19.1. The molecule has 3 rings (SSSR count). The van der Waals surface area contributed by atoms with Gasteiger partial charge >= 0.3 is 0 Å². The molecule has 0 amide bonds. The second-order valence-corrected chi connectivity index (χ2v) is 5.88. The van der Waals surface area contributed by atoms with Crippen LogP contribution in [-0.4, -0.2) is 18.7 Å². The largest absolute Gasteiger partial charge is 0.490 e. The van der Waals surface area contributed by atoms with Crippen LogP contribution in [-0.2, 0) is 6.42 Å². The molecule has 0 aromatic heterocycles. The van der Waals surface area contributed by atoms with Gasteiger partial charge in [-0.2, -0.15) is 0 Å². The highest BCUT2D eigenvalue weighted by molar-refractivity contribution is 5.37. The van der Waals surface area contributed by atoms with E-state index < -0.39 is 0 Å². The molecule has 1 fully saturated rings. The first kappa shape index (κ1) is 12.9. The van der Waals surface area contributed by atoms with E-state index in [1.54, 1.807) is 12.1 Å². The van der Waals surface area contributed by atoms with Crippen LogP contribution in [0.2, 0.25) is 0 Å². The molecule has 104 valence electrons. The molecule has 1 N–H and O–H groups in total. The van der Waals surface area contributed by atoms with Crippen LogP contribution in [0, 0.1) is 11.7 Å². The Morgan fingerprint density at radius 2 is 2.32 bits per heavy atom. The van der Waals surface area contributed by atoms with Gasteiger partial charge in [0.05, 0.1) is 0 Å². The Bertz CT molecular complexity index is 448. The number of rotatable bonds is 3. The average molecular weight is 263 g/mol. The minimum atomic E-state index is -0.162. The lowest BCUT2D eigenvalue weighted by atomic mass is 9.87. The first-order valence-corrected chi connectivity index (χ1v) is 7.43. The summed E-state index contributed by atoms with van der Waals surface area (Å²) >= 11 is 0. The van der Waals surface area contributed by atoms with E-state index in [-0.39, 0.29) is 11.9 Å². The van der Waals surface area contributed by atoms with Crippen molar-refractivity contribution in [2.24, 2.45) is 5.92 Å². The summed E-state index contributed by atoms with van der Waals surface area (Å²) in [5.74, 6) is 1.56. The van der Waals surface area contributed by atoms with Crippen LogP contribution in [0.4, 0.5) is 4.39 Å². The van der Waals surface area contributed by atoms with Gasteiger partial charge in [0.1, 0.15) is 17.7 Å². The molecule has 2 nitrogen and oxygen atoms in total. The summed E-state index contributed by atoms with van der Waals surface area (Å²) in [6, 6.07) is 5.40. The van der Waals surface area contributed by atoms with Gasteiger partial charge in [-0.25, -0.2) is 4.39 Å². The number of hydrogen-bond donors (Lipinski definition) is 1. The zero-order valence-corrected chi connectivity index (χ0v) is 11.5. The molecule has 0 radical (unpaired) electrons. The number of piperidine rings is 1. The summed E-state index contributed by atoms with van der Waals surface area (Å²) in [7, 11) is 0. The molecule has 19 heavy (non-hydrogen) atoms. The zero-order valence-electron chi connectivity index (χ0n) is 11.5. The van der Waals surface area contributed by atoms with E-state index in [4.69, 9.17) is 4.74 Å². The van der Waals surface area contributed by atoms with Crippen LogP contribution in [0.5, 0.6) is 5.75 Å². The third kappa shape index (κ3) is 2.92. The molecule has 0 spiro atoms. The first-order valence-electron chi connectivity index (χ1n) is 7.43. The molecule has 0 bridgehead atoms. The van der Waals surface area contributed by atoms with Gasteiger partial charge in [-0.1, -0.05) is 13.3 Å². The van der Waals surface area contributed by atoms with Crippen LogP contribution in [0.15, 0.2) is 18.2 Å². The van der Waals surface area contributed by atoms with Crippen molar-refractivity contribution in [3.63, 3.8) is 0 Å². The van der Waals surface area contributed by atoms with Gasteiger partial charge < -0.3 is 10.1 Å². The van der Waals surface area contributed by atoms with Crippen LogP contribution in [0.1, 0.15) is 38.2 Å².